The van der Waals surface area contributed by atoms with Gasteiger partial charge >= 0.3 is 0 Å². The van der Waals surface area contributed by atoms with Gasteiger partial charge in [0.2, 0.25) is 0 Å². The first-order valence-corrected chi connectivity index (χ1v) is 9.87. The zero-order valence-corrected chi connectivity index (χ0v) is 18.8. The van der Waals surface area contributed by atoms with E-state index >= 15 is 0 Å². The van der Waals surface area contributed by atoms with Crippen LogP contribution in [0.5, 0.6) is 11.5 Å². The fourth-order valence-corrected chi connectivity index (χ4v) is 3.57. The summed E-state index contributed by atoms with van der Waals surface area (Å²) in [6.45, 7) is 5.95. The number of hydrogen-bond acceptors (Lipinski definition) is 4. The maximum Gasteiger partial charge on any atom is 0.191 e. The van der Waals surface area contributed by atoms with Crippen LogP contribution in [-0.4, -0.2) is 62.8 Å². The van der Waals surface area contributed by atoms with Gasteiger partial charge in [0.1, 0.15) is 6.61 Å². The number of halogens is 1. The van der Waals surface area contributed by atoms with Crippen molar-refractivity contribution in [1.29, 1.82) is 0 Å². The monoisotopic (exact) mass is 488 g/mol. The molecule has 0 spiro atoms. The Morgan fingerprint density at radius 2 is 1.93 bits per heavy atom. The predicted molar refractivity (Wildman–Crippen MR) is 121 cm³/mol. The van der Waals surface area contributed by atoms with Crippen LogP contribution >= 0.6 is 24.0 Å². The Kier molecular flexibility index (Phi) is 9.47. The number of likely N-dealkylation sites (N-methyl/N-ethyl adjacent to an activating group) is 1. The molecule has 1 aliphatic carbocycles. The first-order valence-electron chi connectivity index (χ1n) is 9.87. The fraction of sp³-hybridized carbons (Fsp3) is 0.650. The molecule has 2 aliphatic rings. The van der Waals surface area contributed by atoms with Gasteiger partial charge in [-0.15, -0.1) is 24.0 Å². The highest BCUT2D eigenvalue weighted by atomic mass is 127. The normalized spacial score (nSPS) is 19.7. The molecule has 27 heavy (non-hydrogen) atoms. The van der Waals surface area contributed by atoms with Crippen LogP contribution in [0.25, 0.3) is 0 Å². The second kappa shape index (κ2) is 11.6. The van der Waals surface area contributed by atoms with Crippen LogP contribution < -0.4 is 20.1 Å². The van der Waals surface area contributed by atoms with Crippen LogP contribution in [0.3, 0.4) is 0 Å². The Hall–Kier alpha value is -1.22. The largest absolute Gasteiger partial charge is 0.486 e. The summed E-state index contributed by atoms with van der Waals surface area (Å²) in [5.41, 5.74) is 0. The van der Waals surface area contributed by atoms with Gasteiger partial charge in [-0.3, -0.25) is 0 Å². The highest BCUT2D eigenvalue weighted by Gasteiger charge is 2.21. The average molecular weight is 488 g/mol. The number of ether oxygens (including phenoxy) is 2. The minimum absolute atomic E-state index is 0. The molecule has 1 atom stereocenters. The highest BCUT2D eigenvalue weighted by molar-refractivity contribution is 14.0. The van der Waals surface area contributed by atoms with E-state index in [-0.39, 0.29) is 30.1 Å². The van der Waals surface area contributed by atoms with Gasteiger partial charge in [0.15, 0.2) is 23.6 Å². The summed E-state index contributed by atoms with van der Waals surface area (Å²) in [6.07, 6.45) is 5.37. The van der Waals surface area contributed by atoms with Gasteiger partial charge in [-0.05, 0) is 38.9 Å². The predicted octanol–water partition coefficient (Wildman–Crippen LogP) is 2.87. The third kappa shape index (κ3) is 6.71. The molecular formula is C20H33IN4O2. The maximum atomic E-state index is 5.97. The van der Waals surface area contributed by atoms with Crippen molar-refractivity contribution < 1.29 is 9.47 Å². The molecule has 1 fully saturated rings. The van der Waals surface area contributed by atoms with E-state index in [0.29, 0.717) is 13.2 Å². The number of rotatable bonds is 7. The van der Waals surface area contributed by atoms with E-state index in [9.17, 15) is 0 Å². The van der Waals surface area contributed by atoms with E-state index in [4.69, 9.17) is 9.47 Å². The molecule has 2 N–H and O–H groups in total. The Balaban J connectivity index is 0.00000261. The lowest BCUT2D eigenvalue weighted by Crippen LogP contribution is -2.43. The zero-order chi connectivity index (χ0) is 18.2. The summed E-state index contributed by atoms with van der Waals surface area (Å²) in [5, 5.41) is 6.74. The van der Waals surface area contributed by atoms with Gasteiger partial charge in [0, 0.05) is 25.7 Å². The van der Waals surface area contributed by atoms with Crippen LogP contribution in [0.15, 0.2) is 29.3 Å². The number of para-hydroxylation sites is 2. The molecule has 3 rings (SSSR count). The summed E-state index contributed by atoms with van der Waals surface area (Å²) in [4.78, 5) is 7.15. The molecule has 1 heterocycles. The molecule has 0 amide bonds. The van der Waals surface area contributed by atoms with Crippen molar-refractivity contribution in [3.05, 3.63) is 24.3 Å². The van der Waals surface area contributed by atoms with Gasteiger partial charge in [-0.1, -0.05) is 25.0 Å². The number of benzene rings is 1. The Morgan fingerprint density at radius 3 is 2.67 bits per heavy atom. The van der Waals surface area contributed by atoms with E-state index < -0.39 is 0 Å². The molecule has 0 radical (unpaired) electrons. The average Bonchev–Trinajstić information content (AvgIpc) is 3.21. The van der Waals surface area contributed by atoms with E-state index in [1.165, 1.54) is 25.7 Å². The lowest BCUT2D eigenvalue weighted by molar-refractivity contribution is 0.0971. The van der Waals surface area contributed by atoms with Crippen molar-refractivity contribution in [2.24, 2.45) is 4.99 Å². The number of aliphatic imine (C=N–C) groups is 1. The molecule has 1 aromatic rings. The van der Waals surface area contributed by atoms with Crippen molar-refractivity contribution in [2.45, 2.75) is 44.8 Å². The maximum absolute atomic E-state index is 5.97. The van der Waals surface area contributed by atoms with Crippen molar-refractivity contribution in [3.63, 3.8) is 0 Å². The molecular weight excluding hydrogens is 455 g/mol. The second-order valence-corrected chi connectivity index (χ2v) is 7.06. The standard InChI is InChI=1S/C20H32N4O2.HI/c1-3-21-20(22-12-13-24(2)16-8-4-5-9-16)23-14-17-15-25-18-10-6-7-11-19(18)26-17;/h6-7,10-11,16-17H,3-5,8-9,12-15H2,1-2H3,(H2,21,22,23);1H. The van der Waals surface area contributed by atoms with Gasteiger partial charge in [-0.2, -0.15) is 0 Å². The number of hydrogen-bond donors (Lipinski definition) is 2. The van der Waals surface area contributed by atoms with E-state index in [2.05, 4.69) is 34.5 Å². The van der Waals surface area contributed by atoms with Crippen LogP contribution in [0.2, 0.25) is 0 Å². The molecule has 1 unspecified atom stereocenters. The molecule has 1 saturated carbocycles. The molecule has 0 bridgehead atoms. The molecule has 7 heteroatoms. The van der Waals surface area contributed by atoms with Gasteiger partial charge in [-0.25, -0.2) is 4.99 Å². The van der Waals surface area contributed by atoms with Crippen molar-refractivity contribution in [2.75, 3.05) is 39.8 Å². The van der Waals surface area contributed by atoms with Crippen LogP contribution in [0.4, 0.5) is 0 Å². The first-order chi connectivity index (χ1) is 12.8. The van der Waals surface area contributed by atoms with Crippen LogP contribution in [0.1, 0.15) is 32.6 Å². The minimum Gasteiger partial charge on any atom is -0.486 e. The summed E-state index contributed by atoms with van der Waals surface area (Å²) in [7, 11) is 2.23. The number of guanidine groups is 1. The number of nitrogens with one attached hydrogen (secondary N) is 2. The Bertz CT molecular complexity index is 593. The summed E-state index contributed by atoms with van der Waals surface area (Å²) in [5.74, 6) is 2.46. The molecule has 1 aliphatic heterocycles. The molecule has 0 saturated heterocycles. The Morgan fingerprint density at radius 1 is 1.19 bits per heavy atom. The molecule has 0 aromatic heterocycles. The second-order valence-electron chi connectivity index (χ2n) is 7.06. The molecule has 152 valence electrons. The summed E-state index contributed by atoms with van der Waals surface area (Å²) < 4.78 is 11.7. The lowest BCUT2D eigenvalue weighted by atomic mass is 10.2. The van der Waals surface area contributed by atoms with Gasteiger partial charge in [0.05, 0.1) is 6.54 Å². The number of fused-ring (bicyclic) bond motifs is 1. The quantitative estimate of drug-likeness (QED) is 0.351. The van der Waals surface area contributed by atoms with E-state index in [0.717, 1.165) is 43.1 Å². The third-order valence-corrected chi connectivity index (χ3v) is 5.07. The zero-order valence-electron chi connectivity index (χ0n) is 16.4. The Labute approximate surface area is 180 Å². The van der Waals surface area contributed by atoms with Crippen LogP contribution in [0, 0.1) is 0 Å². The number of nitrogens with zero attached hydrogens (tertiary/aromatic N) is 2. The minimum atomic E-state index is -0.0541. The van der Waals surface area contributed by atoms with Gasteiger partial charge < -0.3 is 25.0 Å². The molecule has 1 aromatic carbocycles. The van der Waals surface area contributed by atoms with Crippen LogP contribution in [-0.2, 0) is 0 Å². The fourth-order valence-electron chi connectivity index (χ4n) is 3.57. The van der Waals surface area contributed by atoms with E-state index in [1.807, 2.05) is 24.3 Å². The first kappa shape index (κ1) is 22.1. The highest BCUT2D eigenvalue weighted by Crippen LogP contribution is 2.30. The van der Waals surface area contributed by atoms with Crippen molar-refractivity contribution in [3.8, 4) is 11.5 Å². The lowest BCUT2D eigenvalue weighted by Gasteiger charge is -2.26. The summed E-state index contributed by atoms with van der Waals surface area (Å²) >= 11 is 0. The smallest absolute Gasteiger partial charge is 0.191 e. The van der Waals surface area contributed by atoms with Crippen molar-refractivity contribution in [1.82, 2.24) is 15.5 Å². The van der Waals surface area contributed by atoms with E-state index in [1.54, 1.807) is 0 Å². The van der Waals surface area contributed by atoms with Crippen molar-refractivity contribution >= 4 is 29.9 Å². The topological polar surface area (TPSA) is 58.1 Å². The SMILES string of the molecule is CCNC(=NCC1COc2ccccc2O1)NCCN(C)C1CCCC1.I. The third-order valence-electron chi connectivity index (χ3n) is 5.07. The van der Waals surface area contributed by atoms with Gasteiger partial charge in [0.25, 0.3) is 0 Å². The summed E-state index contributed by atoms with van der Waals surface area (Å²) in [6, 6.07) is 8.54. The molecule has 6 nitrogen and oxygen atoms in total.